The highest BCUT2D eigenvalue weighted by Crippen LogP contribution is 2.30. The molecule has 1 aromatic heterocycles. The van der Waals surface area contributed by atoms with Crippen molar-refractivity contribution in [2.75, 3.05) is 0 Å². The number of benzene rings is 2. The first kappa shape index (κ1) is 16.2. The molecule has 0 saturated heterocycles. The fourth-order valence-electron chi connectivity index (χ4n) is 2.55. The Morgan fingerprint density at radius 2 is 1.46 bits per heavy atom. The zero-order valence-corrected chi connectivity index (χ0v) is 13.6. The molecule has 0 fully saturated rings. The van der Waals surface area contributed by atoms with Gasteiger partial charge in [-0.1, -0.05) is 60.7 Å². The minimum absolute atomic E-state index is 0.141. The van der Waals surface area contributed by atoms with Gasteiger partial charge >= 0.3 is 5.97 Å². The summed E-state index contributed by atoms with van der Waals surface area (Å²) in [6, 6.07) is 22.2. The number of carbonyl (C=O) groups is 1. The van der Waals surface area contributed by atoms with E-state index in [9.17, 15) is 9.00 Å². The van der Waals surface area contributed by atoms with Crippen LogP contribution < -0.4 is 0 Å². The third kappa shape index (κ3) is 3.63. The fourth-order valence-corrected chi connectivity index (χ4v) is 4.07. The molecule has 2 aromatic carbocycles. The normalized spacial score (nSPS) is 12.2. The minimum Gasteiger partial charge on any atom is -0.475 e. The Balaban J connectivity index is 1.90. The number of furan rings is 1. The number of hydrogen-bond donors (Lipinski definition) is 1. The largest absolute Gasteiger partial charge is 0.475 e. The smallest absolute Gasteiger partial charge is 0.371 e. The average Bonchev–Trinajstić information content (AvgIpc) is 3.06. The molecule has 1 heterocycles. The number of aromatic carboxylic acids is 1. The molecule has 24 heavy (non-hydrogen) atoms. The predicted octanol–water partition coefficient (Wildman–Crippen LogP) is 4.02. The van der Waals surface area contributed by atoms with Crippen molar-refractivity contribution in [2.45, 2.75) is 11.0 Å². The van der Waals surface area contributed by atoms with E-state index in [1.807, 2.05) is 60.7 Å². The topological polar surface area (TPSA) is 67.5 Å². The Kier molecular flexibility index (Phi) is 4.91. The van der Waals surface area contributed by atoms with Crippen molar-refractivity contribution in [3.05, 3.63) is 95.4 Å². The van der Waals surface area contributed by atoms with Crippen LogP contribution in [0.25, 0.3) is 0 Å². The maximum atomic E-state index is 13.0. The van der Waals surface area contributed by atoms with Crippen LogP contribution in [0.1, 0.15) is 32.7 Å². The molecule has 0 saturated carbocycles. The van der Waals surface area contributed by atoms with Crippen LogP contribution >= 0.6 is 0 Å². The van der Waals surface area contributed by atoms with Crippen LogP contribution in [0, 0.1) is 0 Å². The van der Waals surface area contributed by atoms with E-state index in [0.717, 1.165) is 11.1 Å². The fraction of sp³-hybridized carbons (Fsp3) is 0.105. The lowest BCUT2D eigenvalue weighted by atomic mass is 10.0. The highest BCUT2D eigenvalue weighted by Gasteiger charge is 2.22. The lowest BCUT2D eigenvalue weighted by molar-refractivity contribution is 0.0660. The van der Waals surface area contributed by atoms with Crippen molar-refractivity contribution in [3.63, 3.8) is 0 Å². The van der Waals surface area contributed by atoms with Crippen LogP contribution in [-0.4, -0.2) is 15.3 Å². The van der Waals surface area contributed by atoms with E-state index in [-0.39, 0.29) is 16.8 Å². The van der Waals surface area contributed by atoms with Crippen molar-refractivity contribution in [2.24, 2.45) is 0 Å². The van der Waals surface area contributed by atoms with Gasteiger partial charge in [-0.3, -0.25) is 4.21 Å². The van der Waals surface area contributed by atoms with Gasteiger partial charge in [-0.25, -0.2) is 4.79 Å². The predicted molar refractivity (Wildman–Crippen MR) is 92.2 cm³/mol. The van der Waals surface area contributed by atoms with Gasteiger partial charge in [0.05, 0.1) is 11.0 Å². The van der Waals surface area contributed by atoms with Gasteiger partial charge < -0.3 is 9.52 Å². The first-order valence-electron chi connectivity index (χ1n) is 7.44. The Hall–Kier alpha value is -2.66. The van der Waals surface area contributed by atoms with E-state index in [1.54, 1.807) is 6.07 Å². The summed E-state index contributed by atoms with van der Waals surface area (Å²) in [5.74, 6) is -0.711. The summed E-state index contributed by atoms with van der Waals surface area (Å²) in [7, 11) is -1.30. The van der Waals surface area contributed by atoms with E-state index in [1.165, 1.54) is 6.07 Å². The second kappa shape index (κ2) is 7.27. The molecule has 0 bridgehead atoms. The third-order valence-electron chi connectivity index (χ3n) is 3.62. The number of rotatable bonds is 6. The second-order valence-electron chi connectivity index (χ2n) is 5.30. The second-order valence-corrected chi connectivity index (χ2v) is 6.82. The van der Waals surface area contributed by atoms with Crippen LogP contribution in [-0.2, 0) is 16.6 Å². The molecule has 0 spiro atoms. The molecule has 122 valence electrons. The first-order chi connectivity index (χ1) is 11.6. The minimum atomic E-state index is -1.30. The molecule has 1 atom stereocenters. The van der Waals surface area contributed by atoms with E-state index in [2.05, 4.69) is 0 Å². The molecule has 1 unspecified atom stereocenters. The van der Waals surface area contributed by atoms with Crippen molar-refractivity contribution in [1.82, 2.24) is 0 Å². The maximum Gasteiger partial charge on any atom is 0.371 e. The lowest BCUT2D eigenvalue weighted by Crippen LogP contribution is -2.10. The highest BCUT2D eigenvalue weighted by atomic mass is 32.2. The molecule has 0 aliphatic carbocycles. The van der Waals surface area contributed by atoms with Gasteiger partial charge in [0, 0.05) is 10.8 Å². The van der Waals surface area contributed by atoms with Gasteiger partial charge in [-0.2, -0.15) is 0 Å². The van der Waals surface area contributed by atoms with Gasteiger partial charge in [0.2, 0.25) is 5.76 Å². The Morgan fingerprint density at radius 3 is 1.92 bits per heavy atom. The Labute approximate surface area is 142 Å². The molecule has 5 heteroatoms. The van der Waals surface area contributed by atoms with Crippen LogP contribution in [0.5, 0.6) is 0 Å². The maximum absolute atomic E-state index is 13.0. The quantitative estimate of drug-likeness (QED) is 0.736. The van der Waals surface area contributed by atoms with Crippen molar-refractivity contribution in [3.8, 4) is 0 Å². The summed E-state index contributed by atoms with van der Waals surface area (Å²) in [6.07, 6.45) is 0. The molecule has 3 aromatic rings. The van der Waals surface area contributed by atoms with Crippen molar-refractivity contribution >= 4 is 16.8 Å². The first-order valence-corrected chi connectivity index (χ1v) is 8.82. The average molecular weight is 340 g/mol. The standard InChI is InChI=1S/C19H16O4S/c20-19(21)17-12-11-16(23-17)13-24(22)18(14-7-3-1-4-8-14)15-9-5-2-6-10-15/h1-12,18H,13H2,(H,20,21). The van der Waals surface area contributed by atoms with E-state index >= 15 is 0 Å². The van der Waals surface area contributed by atoms with Crippen LogP contribution in [0.4, 0.5) is 0 Å². The monoisotopic (exact) mass is 340 g/mol. The summed E-state index contributed by atoms with van der Waals surface area (Å²) in [5, 5.41) is 8.63. The molecule has 1 N–H and O–H groups in total. The Bertz CT molecular complexity index is 801. The summed E-state index contributed by atoms with van der Waals surface area (Å²) in [4.78, 5) is 10.9. The number of carboxylic acids is 1. The highest BCUT2D eigenvalue weighted by molar-refractivity contribution is 7.84. The summed E-state index contributed by atoms with van der Waals surface area (Å²) >= 11 is 0. The van der Waals surface area contributed by atoms with Crippen LogP contribution in [0.2, 0.25) is 0 Å². The SMILES string of the molecule is O=C(O)c1ccc(CS(=O)C(c2ccccc2)c2ccccc2)o1. The summed E-state index contributed by atoms with van der Waals surface area (Å²) in [6.45, 7) is 0. The van der Waals surface area contributed by atoms with E-state index in [4.69, 9.17) is 9.52 Å². The Morgan fingerprint density at radius 1 is 0.917 bits per heavy atom. The molecule has 4 nitrogen and oxygen atoms in total. The molecule has 0 amide bonds. The molecule has 0 radical (unpaired) electrons. The van der Waals surface area contributed by atoms with Gasteiger partial charge in [-0.15, -0.1) is 0 Å². The van der Waals surface area contributed by atoms with Gasteiger partial charge in [0.25, 0.3) is 0 Å². The van der Waals surface area contributed by atoms with Crippen molar-refractivity contribution < 1.29 is 18.5 Å². The zero-order chi connectivity index (χ0) is 16.9. The molecule has 0 aliphatic rings. The molecular weight excluding hydrogens is 324 g/mol. The van der Waals surface area contributed by atoms with Crippen molar-refractivity contribution in [1.29, 1.82) is 0 Å². The number of carboxylic acid groups (broad SMARTS) is 1. The van der Waals surface area contributed by atoms with E-state index in [0.29, 0.717) is 5.76 Å². The third-order valence-corrected chi connectivity index (χ3v) is 5.26. The van der Waals surface area contributed by atoms with Crippen LogP contribution in [0.3, 0.4) is 0 Å². The summed E-state index contributed by atoms with van der Waals surface area (Å²) < 4.78 is 18.2. The molecule has 3 rings (SSSR count). The van der Waals surface area contributed by atoms with Gasteiger partial charge in [0.1, 0.15) is 5.76 Å². The van der Waals surface area contributed by atoms with E-state index < -0.39 is 16.8 Å². The zero-order valence-electron chi connectivity index (χ0n) is 12.8. The molecule has 0 aliphatic heterocycles. The summed E-state index contributed by atoms with van der Waals surface area (Å²) in [5.41, 5.74) is 1.90. The van der Waals surface area contributed by atoms with Gasteiger partial charge in [-0.05, 0) is 23.3 Å². The van der Waals surface area contributed by atoms with Crippen LogP contribution in [0.15, 0.2) is 77.2 Å². The molecular formula is C19H16O4S. The van der Waals surface area contributed by atoms with Gasteiger partial charge in [0.15, 0.2) is 0 Å². The lowest BCUT2D eigenvalue weighted by Gasteiger charge is -2.17. The number of hydrogen-bond acceptors (Lipinski definition) is 3.